The third-order valence-electron chi connectivity index (χ3n) is 1.98. The molecule has 0 fully saturated rings. The van der Waals surface area contributed by atoms with E-state index >= 15 is 0 Å². The number of hydrogen-bond donors (Lipinski definition) is 1. The Morgan fingerprint density at radius 1 is 1.64 bits per heavy atom. The molecule has 14 heavy (non-hydrogen) atoms. The maximum absolute atomic E-state index is 11.4. The van der Waals surface area contributed by atoms with Gasteiger partial charge < -0.3 is 10.1 Å². The third-order valence-corrected chi connectivity index (χ3v) is 2.92. The average molecular weight is 209 g/mol. The molecule has 0 spiro atoms. The molecule has 0 atom stereocenters. The topological polar surface area (TPSA) is 38.3 Å². The van der Waals surface area contributed by atoms with Gasteiger partial charge in [-0.3, -0.25) is 0 Å². The van der Waals surface area contributed by atoms with E-state index in [1.54, 1.807) is 17.8 Å². The lowest BCUT2D eigenvalue weighted by molar-refractivity contribution is 0.0526. The quantitative estimate of drug-likeness (QED) is 0.759. The molecule has 0 aliphatic carbocycles. The molecule has 74 valence electrons. The summed E-state index contributed by atoms with van der Waals surface area (Å²) in [5.74, 6) is 0.629. The normalized spacial score (nSPS) is 13.2. The highest BCUT2D eigenvalue weighted by Crippen LogP contribution is 2.34. The van der Waals surface area contributed by atoms with Crippen molar-refractivity contribution in [3.8, 4) is 0 Å². The van der Waals surface area contributed by atoms with Crippen molar-refractivity contribution in [3.05, 3.63) is 23.8 Å². The molecule has 0 aromatic heterocycles. The van der Waals surface area contributed by atoms with Crippen LogP contribution in [0, 0.1) is 0 Å². The van der Waals surface area contributed by atoms with Crippen molar-refractivity contribution in [2.45, 2.75) is 11.8 Å². The Bertz CT molecular complexity index is 365. The van der Waals surface area contributed by atoms with E-state index in [1.165, 1.54) is 0 Å². The summed E-state index contributed by atoms with van der Waals surface area (Å²) in [7, 11) is 0. The molecular weight excluding hydrogens is 198 g/mol. The van der Waals surface area contributed by atoms with Crippen LogP contribution in [0.5, 0.6) is 0 Å². The lowest BCUT2D eigenvalue weighted by atomic mass is 10.2. The van der Waals surface area contributed by atoms with Crippen LogP contribution in [0.15, 0.2) is 23.1 Å². The van der Waals surface area contributed by atoms with Gasteiger partial charge in [-0.1, -0.05) is 0 Å². The van der Waals surface area contributed by atoms with Gasteiger partial charge in [-0.25, -0.2) is 4.79 Å². The van der Waals surface area contributed by atoms with Gasteiger partial charge in [0.2, 0.25) is 0 Å². The lowest BCUT2D eigenvalue weighted by Crippen LogP contribution is -2.04. The van der Waals surface area contributed by atoms with Crippen LogP contribution in [0.3, 0.4) is 0 Å². The fourth-order valence-corrected chi connectivity index (χ4v) is 2.21. The summed E-state index contributed by atoms with van der Waals surface area (Å²) < 4.78 is 4.92. The van der Waals surface area contributed by atoms with Crippen LogP contribution in [0.2, 0.25) is 0 Å². The van der Waals surface area contributed by atoms with Crippen molar-refractivity contribution in [2.24, 2.45) is 0 Å². The zero-order valence-corrected chi connectivity index (χ0v) is 8.69. The number of hydrogen-bond acceptors (Lipinski definition) is 4. The van der Waals surface area contributed by atoms with Crippen molar-refractivity contribution in [1.82, 2.24) is 0 Å². The number of benzene rings is 1. The zero-order chi connectivity index (χ0) is 9.97. The summed E-state index contributed by atoms with van der Waals surface area (Å²) in [4.78, 5) is 12.5. The smallest absolute Gasteiger partial charge is 0.338 e. The second-order valence-electron chi connectivity index (χ2n) is 2.90. The highest BCUT2D eigenvalue weighted by atomic mass is 32.2. The van der Waals surface area contributed by atoms with Crippen LogP contribution in [0.1, 0.15) is 17.3 Å². The van der Waals surface area contributed by atoms with E-state index in [-0.39, 0.29) is 5.97 Å². The Morgan fingerprint density at radius 3 is 3.29 bits per heavy atom. The third kappa shape index (κ3) is 1.70. The first-order valence-electron chi connectivity index (χ1n) is 4.49. The number of rotatable bonds is 2. The van der Waals surface area contributed by atoms with Gasteiger partial charge in [-0.2, -0.15) is 0 Å². The minimum Gasteiger partial charge on any atom is -0.462 e. The van der Waals surface area contributed by atoms with Gasteiger partial charge in [-0.15, -0.1) is 11.8 Å². The summed E-state index contributed by atoms with van der Waals surface area (Å²) in [6.45, 7) is 2.23. The Kier molecular flexibility index (Phi) is 2.63. The molecule has 2 rings (SSSR count). The molecule has 1 aromatic carbocycles. The van der Waals surface area contributed by atoms with E-state index in [9.17, 15) is 4.79 Å². The van der Waals surface area contributed by atoms with Crippen LogP contribution >= 0.6 is 11.8 Å². The molecule has 1 aromatic rings. The number of ether oxygens (including phenoxy) is 1. The van der Waals surface area contributed by atoms with Gasteiger partial charge in [0, 0.05) is 10.6 Å². The molecule has 0 unspecified atom stereocenters. The summed E-state index contributed by atoms with van der Waals surface area (Å²) in [6, 6.07) is 5.58. The van der Waals surface area contributed by atoms with E-state index < -0.39 is 0 Å². The molecule has 3 nitrogen and oxygen atoms in total. The number of fused-ring (bicyclic) bond motifs is 1. The average Bonchev–Trinajstić information content (AvgIpc) is 2.64. The minimum absolute atomic E-state index is 0.247. The van der Waals surface area contributed by atoms with Crippen molar-refractivity contribution < 1.29 is 9.53 Å². The summed E-state index contributed by atoms with van der Waals surface area (Å²) in [5, 5.41) is 3.21. The first-order chi connectivity index (χ1) is 6.81. The maximum atomic E-state index is 11.4. The van der Waals surface area contributed by atoms with Gasteiger partial charge in [0.05, 0.1) is 18.0 Å². The molecule has 0 bridgehead atoms. The number of carbonyl (C=O) groups excluding carboxylic acids is 1. The fraction of sp³-hybridized carbons (Fsp3) is 0.300. The second kappa shape index (κ2) is 3.92. The van der Waals surface area contributed by atoms with Crippen molar-refractivity contribution >= 4 is 23.4 Å². The Balaban J connectivity index is 2.24. The second-order valence-corrected chi connectivity index (χ2v) is 3.91. The highest BCUT2D eigenvalue weighted by Gasteiger charge is 2.14. The van der Waals surface area contributed by atoms with Gasteiger partial charge in [0.25, 0.3) is 0 Å². The summed E-state index contributed by atoms with van der Waals surface area (Å²) >= 11 is 1.70. The number of carbonyl (C=O) groups is 1. The summed E-state index contributed by atoms with van der Waals surface area (Å²) in [6.07, 6.45) is 0. The minimum atomic E-state index is -0.247. The molecule has 1 N–H and O–H groups in total. The predicted octanol–water partition coefficient (Wildman–Crippen LogP) is 2.34. The Hall–Kier alpha value is -1.16. The molecular formula is C10H11NO2S. The van der Waals surface area contributed by atoms with Crippen molar-refractivity contribution in [1.29, 1.82) is 0 Å². The standard InChI is InChI=1S/C10H11NO2S/c1-2-13-10(12)7-3-4-8-9(5-7)14-6-11-8/h3-5,11H,2,6H2,1H3. The van der Waals surface area contributed by atoms with E-state index in [0.717, 1.165) is 16.5 Å². The van der Waals surface area contributed by atoms with E-state index in [0.29, 0.717) is 12.2 Å². The molecule has 0 saturated carbocycles. The number of nitrogens with one attached hydrogen (secondary N) is 1. The van der Waals surface area contributed by atoms with Crippen LogP contribution in [-0.2, 0) is 4.74 Å². The van der Waals surface area contributed by atoms with Crippen LogP contribution in [-0.4, -0.2) is 18.5 Å². The Morgan fingerprint density at radius 2 is 2.50 bits per heavy atom. The van der Waals surface area contributed by atoms with E-state index in [4.69, 9.17) is 4.74 Å². The SMILES string of the molecule is CCOC(=O)c1ccc2c(c1)SCN2. The van der Waals surface area contributed by atoms with Crippen LogP contribution < -0.4 is 5.32 Å². The zero-order valence-electron chi connectivity index (χ0n) is 7.87. The van der Waals surface area contributed by atoms with E-state index in [1.807, 2.05) is 19.1 Å². The summed E-state index contributed by atoms with van der Waals surface area (Å²) in [5.41, 5.74) is 1.73. The first-order valence-corrected chi connectivity index (χ1v) is 5.47. The van der Waals surface area contributed by atoms with Crippen molar-refractivity contribution in [3.63, 3.8) is 0 Å². The maximum Gasteiger partial charge on any atom is 0.338 e. The number of anilines is 1. The van der Waals surface area contributed by atoms with E-state index in [2.05, 4.69) is 5.32 Å². The molecule has 1 aliphatic heterocycles. The van der Waals surface area contributed by atoms with Gasteiger partial charge in [0.15, 0.2) is 0 Å². The first kappa shape index (κ1) is 9.40. The molecule has 0 radical (unpaired) electrons. The molecule has 0 amide bonds. The highest BCUT2D eigenvalue weighted by molar-refractivity contribution is 7.99. The molecule has 4 heteroatoms. The number of esters is 1. The van der Waals surface area contributed by atoms with Gasteiger partial charge >= 0.3 is 5.97 Å². The lowest BCUT2D eigenvalue weighted by Gasteiger charge is -2.03. The van der Waals surface area contributed by atoms with Gasteiger partial charge in [0.1, 0.15) is 0 Å². The molecule has 1 heterocycles. The van der Waals surface area contributed by atoms with Crippen LogP contribution in [0.25, 0.3) is 0 Å². The fourth-order valence-electron chi connectivity index (χ4n) is 1.32. The predicted molar refractivity (Wildman–Crippen MR) is 56.7 cm³/mol. The largest absolute Gasteiger partial charge is 0.462 e. The van der Waals surface area contributed by atoms with Gasteiger partial charge in [-0.05, 0) is 25.1 Å². The van der Waals surface area contributed by atoms with Crippen LogP contribution in [0.4, 0.5) is 5.69 Å². The molecule has 0 saturated heterocycles. The monoisotopic (exact) mass is 209 g/mol. The molecule has 1 aliphatic rings. The number of thioether (sulfide) groups is 1. The van der Waals surface area contributed by atoms with Crippen molar-refractivity contribution in [2.75, 3.05) is 17.8 Å². The Labute approximate surface area is 86.8 Å².